The maximum atomic E-state index is 12.5. The van der Waals surface area contributed by atoms with Gasteiger partial charge in [0.2, 0.25) is 5.91 Å². The molecule has 1 aliphatic rings. The lowest BCUT2D eigenvalue weighted by molar-refractivity contribution is -0.152. The number of hydrogen-bond acceptors (Lipinski definition) is 5. The van der Waals surface area contributed by atoms with E-state index in [0.717, 1.165) is 16.9 Å². The van der Waals surface area contributed by atoms with Crippen molar-refractivity contribution in [2.45, 2.75) is 26.3 Å². The first-order chi connectivity index (χ1) is 16.9. The van der Waals surface area contributed by atoms with E-state index < -0.39 is 11.9 Å². The van der Waals surface area contributed by atoms with Gasteiger partial charge in [-0.15, -0.1) is 0 Å². The van der Waals surface area contributed by atoms with Crippen molar-refractivity contribution in [2.24, 2.45) is 5.92 Å². The molecular formula is C28H28N2O5. The summed E-state index contributed by atoms with van der Waals surface area (Å²) < 4.78 is 11.0. The highest BCUT2D eigenvalue weighted by atomic mass is 16.5. The molecule has 0 bridgehead atoms. The standard InChI is InChI=1S/C28H28N2O5/c1-19-8-12-24(13-9-19)35-25-14-10-23(11-15-25)30-17-22(16-27(30)32)28(33)34-18-26(31)29-20(2)21-6-4-3-5-7-21/h3-15,20,22H,16-18H2,1-2H3,(H,29,31)/t20-,22+/m1/s1. The van der Waals surface area contributed by atoms with Gasteiger partial charge in [-0.2, -0.15) is 0 Å². The fourth-order valence-electron chi connectivity index (χ4n) is 3.91. The minimum absolute atomic E-state index is 0.0441. The van der Waals surface area contributed by atoms with Crippen molar-refractivity contribution in [1.29, 1.82) is 0 Å². The lowest BCUT2D eigenvalue weighted by Crippen LogP contribution is -2.32. The molecule has 0 saturated carbocycles. The van der Waals surface area contributed by atoms with Gasteiger partial charge in [0.25, 0.3) is 5.91 Å². The smallest absolute Gasteiger partial charge is 0.311 e. The Bertz CT molecular complexity index is 1180. The van der Waals surface area contributed by atoms with Gasteiger partial charge in [0.05, 0.1) is 12.0 Å². The second-order valence-electron chi connectivity index (χ2n) is 8.62. The fraction of sp³-hybridized carbons (Fsp3) is 0.250. The first kappa shape index (κ1) is 24.0. The van der Waals surface area contributed by atoms with Crippen LogP contribution in [0, 0.1) is 12.8 Å². The van der Waals surface area contributed by atoms with E-state index >= 15 is 0 Å². The number of carbonyl (C=O) groups is 3. The summed E-state index contributed by atoms with van der Waals surface area (Å²) in [6, 6.07) is 24.2. The van der Waals surface area contributed by atoms with Crippen molar-refractivity contribution in [1.82, 2.24) is 5.32 Å². The summed E-state index contributed by atoms with van der Waals surface area (Å²) >= 11 is 0. The molecule has 2 amide bonds. The van der Waals surface area contributed by atoms with E-state index in [1.54, 1.807) is 29.2 Å². The van der Waals surface area contributed by atoms with Crippen molar-refractivity contribution in [3.05, 3.63) is 90.0 Å². The highest BCUT2D eigenvalue weighted by Crippen LogP contribution is 2.29. The van der Waals surface area contributed by atoms with Gasteiger partial charge in [0.15, 0.2) is 6.61 Å². The van der Waals surface area contributed by atoms with Gasteiger partial charge in [0, 0.05) is 18.7 Å². The topological polar surface area (TPSA) is 84.9 Å². The Hall–Kier alpha value is -4.13. The second kappa shape index (κ2) is 10.9. The van der Waals surface area contributed by atoms with Crippen molar-refractivity contribution < 1.29 is 23.9 Å². The van der Waals surface area contributed by atoms with Gasteiger partial charge >= 0.3 is 5.97 Å². The van der Waals surface area contributed by atoms with E-state index in [-0.39, 0.29) is 37.4 Å². The molecule has 7 nitrogen and oxygen atoms in total. The van der Waals surface area contributed by atoms with E-state index in [0.29, 0.717) is 11.4 Å². The third kappa shape index (κ3) is 6.26. The van der Waals surface area contributed by atoms with Crippen LogP contribution < -0.4 is 15.0 Å². The number of benzene rings is 3. The van der Waals surface area contributed by atoms with Gasteiger partial charge in [-0.3, -0.25) is 14.4 Å². The van der Waals surface area contributed by atoms with Crippen LogP contribution in [-0.4, -0.2) is 30.9 Å². The van der Waals surface area contributed by atoms with Crippen molar-refractivity contribution in [2.75, 3.05) is 18.1 Å². The third-order valence-corrected chi connectivity index (χ3v) is 5.89. The Morgan fingerprint density at radius 2 is 1.60 bits per heavy atom. The van der Waals surface area contributed by atoms with Gasteiger partial charge in [0.1, 0.15) is 11.5 Å². The van der Waals surface area contributed by atoms with Gasteiger partial charge < -0.3 is 19.7 Å². The molecule has 35 heavy (non-hydrogen) atoms. The average molecular weight is 473 g/mol. The summed E-state index contributed by atoms with van der Waals surface area (Å²) in [5.74, 6) is -0.351. The number of amides is 2. The molecule has 4 rings (SSSR count). The average Bonchev–Trinajstić information content (AvgIpc) is 3.26. The van der Waals surface area contributed by atoms with E-state index in [4.69, 9.17) is 9.47 Å². The van der Waals surface area contributed by atoms with Crippen LogP contribution in [0.3, 0.4) is 0 Å². The highest BCUT2D eigenvalue weighted by Gasteiger charge is 2.36. The van der Waals surface area contributed by atoms with Crippen LogP contribution >= 0.6 is 0 Å². The summed E-state index contributed by atoms with van der Waals surface area (Å²) in [5.41, 5.74) is 2.78. The van der Waals surface area contributed by atoms with Gasteiger partial charge in [-0.1, -0.05) is 48.0 Å². The zero-order valence-electron chi connectivity index (χ0n) is 19.8. The molecule has 0 unspecified atom stereocenters. The molecule has 2 atom stereocenters. The van der Waals surface area contributed by atoms with Crippen LogP contribution in [0.15, 0.2) is 78.9 Å². The van der Waals surface area contributed by atoms with E-state index in [9.17, 15) is 14.4 Å². The van der Waals surface area contributed by atoms with E-state index in [1.165, 1.54) is 0 Å². The predicted octanol–water partition coefficient (Wildman–Crippen LogP) is 4.56. The summed E-state index contributed by atoms with van der Waals surface area (Å²) in [5, 5.41) is 2.81. The number of ether oxygens (including phenoxy) is 2. The number of esters is 1. The Balaban J connectivity index is 1.27. The van der Waals surface area contributed by atoms with Crippen LogP contribution in [0.1, 0.15) is 30.5 Å². The molecular weight excluding hydrogens is 444 g/mol. The quantitative estimate of drug-likeness (QED) is 0.486. The number of nitrogens with zero attached hydrogens (tertiary/aromatic N) is 1. The molecule has 0 radical (unpaired) electrons. The highest BCUT2D eigenvalue weighted by molar-refractivity contribution is 5.99. The Kier molecular flexibility index (Phi) is 7.45. The van der Waals surface area contributed by atoms with E-state index in [2.05, 4.69) is 5.32 Å². The summed E-state index contributed by atoms with van der Waals surface area (Å²) in [4.78, 5) is 38.8. The minimum atomic E-state index is -0.620. The van der Waals surface area contributed by atoms with Crippen LogP contribution in [-0.2, 0) is 19.1 Å². The first-order valence-electron chi connectivity index (χ1n) is 11.5. The van der Waals surface area contributed by atoms with Gasteiger partial charge in [-0.25, -0.2) is 0 Å². The first-order valence-corrected chi connectivity index (χ1v) is 11.5. The van der Waals surface area contributed by atoms with Gasteiger partial charge in [-0.05, 0) is 55.8 Å². The molecule has 3 aromatic carbocycles. The van der Waals surface area contributed by atoms with Crippen molar-refractivity contribution in [3.63, 3.8) is 0 Å². The largest absolute Gasteiger partial charge is 0.457 e. The molecule has 0 aliphatic carbocycles. The van der Waals surface area contributed by atoms with Crippen molar-refractivity contribution >= 4 is 23.5 Å². The monoisotopic (exact) mass is 472 g/mol. The molecule has 1 saturated heterocycles. The Morgan fingerprint density at radius 1 is 0.971 bits per heavy atom. The summed E-state index contributed by atoms with van der Waals surface area (Å²) in [6.45, 7) is 3.69. The van der Waals surface area contributed by atoms with Crippen molar-refractivity contribution in [3.8, 4) is 11.5 Å². The number of rotatable bonds is 8. The molecule has 1 aliphatic heterocycles. The van der Waals surface area contributed by atoms with Crippen LogP contribution in [0.25, 0.3) is 0 Å². The normalized spacial score (nSPS) is 16.0. The molecule has 7 heteroatoms. The molecule has 3 aromatic rings. The molecule has 180 valence electrons. The lowest BCUT2D eigenvalue weighted by atomic mass is 10.1. The number of carbonyl (C=O) groups excluding carboxylic acids is 3. The van der Waals surface area contributed by atoms with E-state index in [1.807, 2.05) is 68.4 Å². The summed E-state index contributed by atoms with van der Waals surface area (Å²) in [7, 11) is 0. The number of hydrogen-bond donors (Lipinski definition) is 1. The SMILES string of the molecule is Cc1ccc(Oc2ccc(N3C[C@@H](C(=O)OCC(=O)N[C@H](C)c4ccccc4)CC3=O)cc2)cc1. The Morgan fingerprint density at radius 3 is 2.26 bits per heavy atom. The molecule has 1 N–H and O–H groups in total. The second-order valence-corrected chi connectivity index (χ2v) is 8.62. The number of aryl methyl sites for hydroxylation is 1. The maximum Gasteiger partial charge on any atom is 0.311 e. The van der Waals surface area contributed by atoms with Crippen LogP contribution in [0.4, 0.5) is 5.69 Å². The predicted molar refractivity (Wildman–Crippen MR) is 132 cm³/mol. The molecule has 0 aromatic heterocycles. The molecule has 0 spiro atoms. The maximum absolute atomic E-state index is 12.5. The van der Waals surface area contributed by atoms with Crippen LogP contribution in [0.2, 0.25) is 0 Å². The summed E-state index contributed by atoms with van der Waals surface area (Å²) in [6.07, 6.45) is 0.0441. The fourth-order valence-corrected chi connectivity index (χ4v) is 3.91. The minimum Gasteiger partial charge on any atom is -0.457 e. The third-order valence-electron chi connectivity index (χ3n) is 5.89. The lowest BCUT2D eigenvalue weighted by Gasteiger charge is -2.17. The molecule has 1 heterocycles. The van der Waals surface area contributed by atoms with Crippen LogP contribution in [0.5, 0.6) is 11.5 Å². The molecule has 1 fully saturated rings. The zero-order chi connectivity index (χ0) is 24.8. The Labute approximate surface area is 204 Å². The zero-order valence-corrected chi connectivity index (χ0v) is 19.8. The number of anilines is 1. The number of nitrogens with one attached hydrogen (secondary N) is 1.